The molecular weight excluding hydrogens is 356 g/mol. The number of piperazine rings is 1. The standard InChI is InChI=1S/C21H28N4O3/c1-12-17-5-3-4-14(17)6-9-18(12)20(27)24-10-15-7-8-16(11-24)25(15)19(26)13(2)23-21(22)28/h6,9,13,15-16H,3-5,7-8,10-11H2,1-2H3,(H3,22,23,28). The van der Waals surface area contributed by atoms with E-state index in [0.29, 0.717) is 13.1 Å². The Hall–Kier alpha value is -2.57. The van der Waals surface area contributed by atoms with Crippen LogP contribution in [0, 0.1) is 6.92 Å². The van der Waals surface area contributed by atoms with Gasteiger partial charge in [0.15, 0.2) is 0 Å². The molecule has 3 atom stereocenters. The largest absolute Gasteiger partial charge is 0.352 e. The first-order valence-corrected chi connectivity index (χ1v) is 10.2. The van der Waals surface area contributed by atoms with Crippen molar-refractivity contribution in [3.05, 3.63) is 34.4 Å². The molecule has 2 bridgehead atoms. The van der Waals surface area contributed by atoms with Gasteiger partial charge in [-0.1, -0.05) is 6.07 Å². The van der Waals surface area contributed by atoms with E-state index >= 15 is 0 Å². The second kappa shape index (κ2) is 7.11. The Labute approximate surface area is 165 Å². The molecule has 2 saturated heterocycles. The van der Waals surface area contributed by atoms with Crippen LogP contribution in [0.5, 0.6) is 0 Å². The van der Waals surface area contributed by atoms with E-state index in [4.69, 9.17) is 5.73 Å². The molecule has 0 spiro atoms. The highest BCUT2D eigenvalue weighted by atomic mass is 16.2. The zero-order chi connectivity index (χ0) is 20.0. The molecule has 7 nitrogen and oxygen atoms in total. The molecule has 3 unspecified atom stereocenters. The van der Waals surface area contributed by atoms with E-state index in [1.165, 1.54) is 11.1 Å². The minimum absolute atomic E-state index is 0.00191. The maximum absolute atomic E-state index is 13.2. The van der Waals surface area contributed by atoms with Gasteiger partial charge in [0, 0.05) is 30.7 Å². The minimum Gasteiger partial charge on any atom is -0.352 e. The highest BCUT2D eigenvalue weighted by Gasteiger charge is 2.45. The predicted molar refractivity (Wildman–Crippen MR) is 105 cm³/mol. The van der Waals surface area contributed by atoms with Crippen molar-refractivity contribution < 1.29 is 14.4 Å². The average Bonchev–Trinajstić information content (AvgIpc) is 3.23. The molecule has 28 heavy (non-hydrogen) atoms. The van der Waals surface area contributed by atoms with Gasteiger partial charge in [-0.15, -0.1) is 0 Å². The number of hydrogen-bond acceptors (Lipinski definition) is 3. The van der Waals surface area contributed by atoms with Crippen molar-refractivity contribution in [3.8, 4) is 0 Å². The fourth-order valence-electron chi connectivity index (χ4n) is 5.18. The number of benzene rings is 1. The van der Waals surface area contributed by atoms with E-state index in [9.17, 15) is 14.4 Å². The molecule has 1 aliphatic carbocycles. The number of likely N-dealkylation sites (tertiary alicyclic amines) is 1. The topological polar surface area (TPSA) is 95.7 Å². The number of nitrogens with zero attached hydrogens (tertiary/aromatic N) is 2. The molecule has 4 amide bonds. The van der Waals surface area contributed by atoms with Gasteiger partial charge in [-0.25, -0.2) is 4.79 Å². The number of primary amides is 1. The van der Waals surface area contributed by atoms with Crippen LogP contribution in [0.1, 0.15) is 53.2 Å². The maximum atomic E-state index is 13.2. The number of hydrogen-bond donors (Lipinski definition) is 2. The van der Waals surface area contributed by atoms with Gasteiger partial charge >= 0.3 is 6.03 Å². The van der Waals surface area contributed by atoms with Gasteiger partial charge < -0.3 is 20.9 Å². The lowest BCUT2D eigenvalue weighted by molar-refractivity contribution is -0.138. The van der Waals surface area contributed by atoms with Crippen LogP contribution in [0.25, 0.3) is 0 Å². The van der Waals surface area contributed by atoms with Gasteiger partial charge in [0.2, 0.25) is 5.91 Å². The number of rotatable bonds is 3. The number of aryl methyl sites for hydroxylation is 1. The number of carbonyl (C=O) groups excluding carboxylic acids is 3. The smallest absolute Gasteiger partial charge is 0.312 e. The summed E-state index contributed by atoms with van der Waals surface area (Å²) in [4.78, 5) is 40.9. The number of carbonyl (C=O) groups is 3. The average molecular weight is 384 g/mol. The molecule has 0 saturated carbocycles. The summed E-state index contributed by atoms with van der Waals surface area (Å²) in [5.41, 5.74) is 9.78. The van der Waals surface area contributed by atoms with Crippen LogP contribution in [-0.2, 0) is 17.6 Å². The first kappa shape index (κ1) is 18.8. The molecule has 7 heteroatoms. The Morgan fingerprint density at radius 3 is 2.46 bits per heavy atom. The molecule has 3 aliphatic rings. The zero-order valence-corrected chi connectivity index (χ0v) is 16.5. The molecule has 4 rings (SSSR count). The summed E-state index contributed by atoms with van der Waals surface area (Å²) >= 11 is 0. The second-order valence-electron chi connectivity index (χ2n) is 8.30. The van der Waals surface area contributed by atoms with E-state index in [2.05, 4.69) is 18.3 Å². The lowest BCUT2D eigenvalue weighted by atomic mass is 9.97. The van der Waals surface area contributed by atoms with Gasteiger partial charge in [0.05, 0.1) is 0 Å². The molecule has 2 aliphatic heterocycles. The molecule has 150 valence electrons. The number of nitrogens with two attached hydrogens (primary N) is 1. The van der Waals surface area contributed by atoms with Crippen molar-refractivity contribution in [1.29, 1.82) is 0 Å². The number of fused-ring (bicyclic) bond motifs is 3. The highest BCUT2D eigenvalue weighted by Crippen LogP contribution is 2.33. The van der Waals surface area contributed by atoms with E-state index in [1.54, 1.807) is 6.92 Å². The Morgan fingerprint density at radius 2 is 1.82 bits per heavy atom. The summed E-state index contributed by atoms with van der Waals surface area (Å²) in [5, 5.41) is 2.47. The third-order valence-corrected chi connectivity index (χ3v) is 6.55. The first-order valence-electron chi connectivity index (χ1n) is 10.2. The molecule has 2 heterocycles. The monoisotopic (exact) mass is 384 g/mol. The number of amides is 4. The third-order valence-electron chi connectivity index (χ3n) is 6.55. The fraction of sp³-hybridized carbons (Fsp3) is 0.571. The van der Waals surface area contributed by atoms with E-state index < -0.39 is 12.1 Å². The first-order chi connectivity index (χ1) is 13.4. The molecule has 0 radical (unpaired) electrons. The van der Waals surface area contributed by atoms with Crippen molar-refractivity contribution in [2.45, 2.75) is 64.1 Å². The second-order valence-corrected chi connectivity index (χ2v) is 8.30. The molecule has 3 N–H and O–H groups in total. The van der Waals surface area contributed by atoms with E-state index in [0.717, 1.165) is 43.2 Å². The van der Waals surface area contributed by atoms with Crippen molar-refractivity contribution in [1.82, 2.24) is 15.1 Å². The van der Waals surface area contributed by atoms with Crippen LogP contribution in [0.4, 0.5) is 4.79 Å². The summed E-state index contributed by atoms with van der Waals surface area (Å²) < 4.78 is 0. The van der Waals surface area contributed by atoms with Crippen LogP contribution in [0.15, 0.2) is 12.1 Å². The van der Waals surface area contributed by atoms with Crippen LogP contribution >= 0.6 is 0 Å². The normalized spacial score (nSPS) is 24.1. The molecule has 1 aromatic carbocycles. The maximum Gasteiger partial charge on any atom is 0.312 e. The summed E-state index contributed by atoms with van der Waals surface area (Å²) in [6, 6.07) is 2.73. The summed E-state index contributed by atoms with van der Waals surface area (Å²) in [7, 11) is 0. The number of nitrogens with one attached hydrogen (secondary N) is 1. The molecule has 0 aromatic heterocycles. The van der Waals surface area contributed by atoms with Gasteiger partial charge in [0.1, 0.15) is 6.04 Å². The quantitative estimate of drug-likeness (QED) is 0.823. The molecule has 1 aromatic rings. The van der Waals surface area contributed by atoms with Crippen LogP contribution < -0.4 is 11.1 Å². The number of urea groups is 1. The lowest BCUT2D eigenvalue weighted by Crippen LogP contribution is -2.60. The Bertz CT molecular complexity index is 823. The van der Waals surface area contributed by atoms with Crippen molar-refractivity contribution in [2.75, 3.05) is 13.1 Å². The summed E-state index contributed by atoms with van der Waals surface area (Å²) in [5.74, 6) is -0.0494. The molecule has 2 fully saturated rings. The predicted octanol–water partition coefficient (Wildman–Crippen LogP) is 1.36. The van der Waals surface area contributed by atoms with Crippen LogP contribution in [0.3, 0.4) is 0 Å². The van der Waals surface area contributed by atoms with Crippen molar-refractivity contribution in [2.24, 2.45) is 5.73 Å². The Balaban J connectivity index is 1.49. The SMILES string of the molecule is Cc1c(C(=O)N2CC3CCC(C2)N3C(=O)C(C)NC(N)=O)ccc2c1CCC2. The minimum atomic E-state index is -0.700. The van der Waals surface area contributed by atoms with Gasteiger partial charge in [-0.05, 0) is 68.7 Å². The van der Waals surface area contributed by atoms with Crippen molar-refractivity contribution >= 4 is 17.8 Å². The fourth-order valence-corrected chi connectivity index (χ4v) is 5.18. The van der Waals surface area contributed by atoms with Crippen LogP contribution in [0.2, 0.25) is 0 Å². The van der Waals surface area contributed by atoms with Crippen molar-refractivity contribution in [3.63, 3.8) is 0 Å². The zero-order valence-electron chi connectivity index (χ0n) is 16.5. The summed E-state index contributed by atoms with van der Waals surface area (Å²) in [6.45, 7) is 4.79. The third kappa shape index (κ3) is 3.12. The lowest BCUT2D eigenvalue weighted by Gasteiger charge is -2.42. The van der Waals surface area contributed by atoms with E-state index in [1.807, 2.05) is 15.9 Å². The summed E-state index contributed by atoms with van der Waals surface area (Å²) in [6.07, 6.45) is 5.09. The van der Waals surface area contributed by atoms with Gasteiger partial charge in [0.25, 0.3) is 5.91 Å². The Morgan fingerprint density at radius 1 is 1.14 bits per heavy atom. The van der Waals surface area contributed by atoms with Gasteiger partial charge in [-0.2, -0.15) is 0 Å². The molecular formula is C21H28N4O3. The van der Waals surface area contributed by atoms with Gasteiger partial charge in [-0.3, -0.25) is 9.59 Å². The highest BCUT2D eigenvalue weighted by molar-refractivity contribution is 5.96. The van der Waals surface area contributed by atoms with Crippen LogP contribution in [-0.4, -0.2) is 58.9 Å². The van der Waals surface area contributed by atoms with E-state index in [-0.39, 0.29) is 23.9 Å². The Kier molecular flexibility index (Phi) is 4.77.